The van der Waals surface area contributed by atoms with Crippen LogP contribution in [0.4, 0.5) is 5.69 Å². The summed E-state index contributed by atoms with van der Waals surface area (Å²) >= 11 is 0. The Kier molecular flexibility index (Phi) is 3.78. The van der Waals surface area contributed by atoms with Crippen LogP contribution in [0.3, 0.4) is 0 Å². The fourth-order valence-corrected chi connectivity index (χ4v) is 2.61. The number of carbonyl (C=O) groups excluding carboxylic acids is 1. The van der Waals surface area contributed by atoms with E-state index in [2.05, 4.69) is 5.32 Å². The van der Waals surface area contributed by atoms with Crippen LogP contribution in [-0.2, 0) is 9.53 Å². The van der Waals surface area contributed by atoms with Gasteiger partial charge in [-0.3, -0.25) is 0 Å². The summed E-state index contributed by atoms with van der Waals surface area (Å²) in [5, 5.41) is 12.2. The molecule has 5 nitrogen and oxygen atoms in total. The van der Waals surface area contributed by atoms with Crippen molar-refractivity contribution in [3.8, 4) is 11.8 Å². The number of nitrogens with one attached hydrogen (secondary N) is 1. The lowest BCUT2D eigenvalue weighted by Gasteiger charge is -2.21. The quantitative estimate of drug-likeness (QED) is 0.513. The highest BCUT2D eigenvalue weighted by molar-refractivity contribution is 5.94. The van der Waals surface area contributed by atoms with Gasteiger partial charge in [0.1, 0.15) is 12.2 Å². The summed E-state index contributed by atoms with van der Waals surface area (Å²) < 4.78 is 10.9. The molecule has 0 atom stereocenters. The molecule has 2 aliphatic rings. The van der Waals surface area contributed by atoms with Gasteiger partial charge in [-0.25, -0.2) is 4.79 Å². The van der Waals surface area contributed by atoms with Crippen LogP contribution in [-0.4, -0.2) is 12.1 Å². The first-order valence-electron chi connectivity index (χ1n) is 7.17. The number of para-hydroxylation sites is 2. The molecule has 0 unspecified atom stereocenters. The Hall–Kier alpha value is -2.48. The molecular weight excluding hydrogens is 268 g/mol. The SMILES string of the molecule is N#CC(C(=O)OC1CCCCC1)=C1Nc2ccccc2O1. The number of fused-ring (bicyclic) bond motifs is 1. The molecule has 1 saturated carbocycles. The van der Waals surface area contributed by atoms with E-state index in [9.17, 15) is 10.1 Å². The Labute approximate surface area is 123 Å². The minimum absolute atomic E-state index is 0.0843. The maximum absolute atomic E-state index is 12.2. The molecular formula is C16H16N2O3. The molecule has 1 aromatic carbocycles. The van der Waals surface area contributed by atoms with Crippen LogP contribution in [0.15, 0.2) is 35.7 Å². The normalized spacial score (nSPS) is 19.8. The van der Waals surface area contributed by atoms with Crippen molar-refractivity contribution < 1.29 is 14.3 Å². The van der Waals surface area contributed by atoms with E-state index in [1.165, 1.54) is 6.42 Å². The largest absolute Gasteiger partial charge is 0.458 e. The highest BCUT2D eigenvalue weighted by Gasteiger charge is 2.27. The van der Waals surface area contributed by atoms with Gasteiger partial charge in [0, 0.05) is 0 Å². The molecule has 0 bridgehead atoms. The van der Waals surface area contributed by atoms with Crippen molar-refractivity contribution in [1.29, 1.82) is 5.26 Å². The monoisotopic (exact) mass is 284 g/mol. The maximum Gasteiger partial charge on any atom is 0.354 e. The third-order valence-corrected chi connectivity index (χ3v) is 3.72. The van der Waals surface area contributed by atoms with Gasteiger partial charge < -0.3 is 14.8 Å². The highest BCUT2D eigenvalue weighted by atomic mass is 16.5. The van der Waals surface area contributed by atoms with Gasteiger partial charge in [-0.05, 0) is 37.8 Å². The summed E-state index contributed by atoms with van der Waals surface area (Å²) in [7, 11) is 0. The second-order valence-corrected chi connectivity index (χ2v) is 5.20. The zero-order valence-corrected chi connectivity index (χ0v) is 11.6. The Morgan fingerprint density at radius 2 is 2.05 bits per heavy atom. The van der Waals surface area contributed by atoms with Gasteiger partial charge in [0.15, 0.2) is 11.3 Å². The van der Waals surface area contributed by atoms with Crippen LogP contribution < -0.4 is 10.1 Å². The molecule has 0 radical (unpaired) electrons. The molecule has 108 valence electrons. The summed E-state index contributed by atoms with van der Waals surface area (Å²) in [6, 6.07) is 9.16. The number of esters is 1. The first kappa shape index (κ1) is 13.5. The van der Waals surface area contributed by atoms with Gasteiger partial charge in [0.25, 0.3) is 0 Å². The average molecular weight is 284 g/mol. The Morgan fingerprint density at radius 1 is 1.29 bits per heavy atom. The predicted octanol–water partition coefficient (Wildman–Crippen LogP) is 3.10. The average Bonchev–Trinajstić information content (AvgIpc) is 2.92. The Bertz CT molecular complexity index is 598. The fourth-order valence-electron chi connectivity index (χ4n) is 2.61. The molecule has 3 rings (SSSR count). The number of nitriles is 1. The lowest BCUT2D eigenvalue weighted by Crippen LogP contribution is -2.23. The second-order valence-electron chi connectivity index (χ2n) is 5.20. The number of anilines is 1. The summed E-state index contributed by atoms with van der Waals surface area (Å²) in [4.78, 5) is 12.2. The maximum atomic E-state index is 12.2. The van der Waals surface area contributed by atoms with Crippen LogP contribution >= 0.6 is 0 Å². The topological polar surface area (TPSA) is 71.4 Å². The predicted molar refractivity (Wildman–Crippen MR) is 76.3 cm³/mol. The van der Waals surface area contributed by atoms with E-state index in [0.29, 0.717) is 5.75 Å². The molecule has 0 spiro atoms. The third kappa shape index (κ3) is 2.84. The van der Waals surface area contributed by atoms with E-state index in [-0.39, 0.29) is 17.6 Å². The number of benzene rings is 1. The van der Waals surface area contributed by atoms with Crippen molar-refractivity contribution in [3.05, 3.63) is 35.7 Å². The van der Waals surface area contributed by atoms with Crippen LogP contribution in [0.25, 0.3) is 0 Å². The minimum Gasteiger partial charge on any atom is -0.458 e. The summed E-state index contributed by atoms with van der Waals surface area (Å²) in [6.45, 7) is 0. The van der Waals surface area contributed by atoms with Gasteiger partial charge >= 0.3 is 5.97 Å². The van der Waals surface area contributed by atoms with Crippen LogP contribution in [0.5, 0.6) is 5.75 Å². The Balaban J connectivity index is 1.75. The lowest BCUT2D eigenvalue weighted by molar-refractivity contribution is -0.145. The molecule has 1 N–H and O–H groups in total. The van der Waals surface area contributed by atoms with E-state index in [0.717, 1.165) is 31.4 Å². The van der Waals surface area contributed by atoms with Gasteiger partial charge in [0.2, 0.25) is 5.88 Å². The van der Waals surface area contributed by atoms with Crippen molar-refractivity contribution >= 4 is 11.7 Å². The summed E-state index contributed by atoms with van der Waals surface area (Å²) in [5.74, 6) is 0.143. The number of hydrogen-bond donors (Lipinski definition) is 1. The summed E-state index contributed by atoms with van der Waals surface area (Å²) in [5.41, 5.74) is 0.627. The zero-order valence-electron chi connectivity index (χ0n) is 11.6. The van der Waals surface area contributed by atoms with Gasteiger partial charge in [-0.15, -0.1) is 0 Å². The van der Waals surface area contributed by atoms with Crippen molar-refractivity contribution in [2.45, 2.75) is 38.2 Å². The standard InChI is InChI=1S/C16H16N2O3/c17-10-12(16(19)20-11-6-2-1-3-7-11)15-18-13-8-4-5-9-14(13)21-15/h4-5,8-9,11,18H,1-3,6-7H2. The van der Waals surface area contributed by atoms with Gasteiger partial charge in [0.05, 0.1) is 5.69 Å². The smallest absolute Gasteiger partial charge is 0.354 e. The van der Waals surface area contributed by atoms with Crippen LogP contribution in [0.1, 0.15) is 32.1 Å². The summed E-state index contributed by atoms with van der Waals surface area (Å²) in [6.07, 6.45) is 4.97. The first-order valence-corrected chi connectivity index (χ1v) is 7.17. The molecule has 1 aromatic rings. The van der Waals surface area contributed by atoms with Gasteiger partial charge in [-0.2, -0.15) is 5.26 Å². The van der Waals surface area contributed by atoms with Crippen LogP contribution in [0.2, 0.25) is 0 Å². The molecule has 1 aliphatic carbocycles. The van der Waals surface area contributed by atoms with E-state index in [1.54, 1.807) is 6.07 Å². The number of rotatable bonds is 2. The lowest BCUT2D eigenvalue weighted by atomic mass is 9.98. The van der Waals surface area contributed by atoms with Crippen molar-refractivity contribution in [1.82, 2.24) is 0 Å². The van der Waals surface area contributed by atoms with Crippen molar-refractivity contribution in [2.24, 2.45) is 0 Å². The van der Waals surface area contributed by atoms with Crippen molar-refractivity contribution in [2.75, 3.05) is 5.32 Å². The molecule has 0 saturated heterocycles. The number of ether oxygens (including phenoxy) is 2. The van der Waals surface area contributed by atoms with E-state index in [4.69, 9.17) is 9.47 Å². The number of hydrogen-bond acceptors (Lipinski definition) is 5. The van der Waals surface area contributed by atoms with Gasteiger partial charge in [-0.1, -0.05) is 18.6 Å². The van der Waals surface area contributed by atoms with Crippen LogP contribution in [0, 0.1) is 11.3 Å². The van der Waals surface area contributed by atoms with E-state index < -0.39 is 5.97 Å². The molecule has 1 aliphatic heterocycles. The van der Waals surface area contributed by atoms with Crippen molar-refractivity contribution in [3.63, 3.8) is 0 Å². The molecule has 0 aromatic heterocycles. The third-order valence-electron chi connectivity index (χ3n) is 3.72. The van der Waals surface area contributed by atoms with E-state index in [1.807, 2.05) is 24.3 Å². The second kappa shape index (κ2) is 5.88. The molecule has 0 amide bonds. The number of carbonyl (C=O) groups is 1. The number of nitrogens with zero attached hydrogens (tertiary/aromatic N) is 1. The molecule has 1 heterocycles. The molecule has 1 fully saturated rings. The van der Waals surface area contributed by atoms with E-state index >= 15 is 0 Å². The molecule has 21 heavy (non-hydrogen) atoms. The molecule has 5 heteroatoms. The fraction of sp³-hybridized carbons (Fsp3) is 0.375. The minimum atomic E-state index is -0.611. The Morgan fingerprint density at radius 3 is 2.76 bits per heavy atom. The zero-order chi connectivity index (χ0) is 14.7. The highest BCUT2D eigenvalue weighted by Crippen LogP contribution is 2.34. The first-order chi connectivity index (χ1) is 10.3.